The average Bonchev–Trinajstić information content (AvgIpc) is 2.77. The summed E-state index contributed by atoms with van der Waals surface area (Å²) in [5.74, 6) is 0. The van der Waals surface area contributed by atoms with Crippen LogP contribution < -0.4 is 0 Å². The molecule has 1 heterocycles. The van der Waals surface area contributed by atoms with Crippen LogP contribution in [0.5, 0.6) is 0 Å². The number of rotatable bonds is 3. The summed E-state index contributed by atoms with van der Waals surface area (Å²) in [6.07, 6.45) is 1.88. The van der Waals surface area contributed by atoms with Gasteiger partial charge in [-0.3, -0.25) is 0 Å². The van der Waals surface area contributed by atoms with Crippen LogP contribution in [0.25, 0.3) is 5.69 Å². The SMILES string of the molecule is CCC(O)c1cn(-c2cccc(I)c2)nn1. The Labute approximate surface area is 107 Å². The molecule has 0 bridgehead atoms. The minimum atomic E-state index is -0.531. The van der Waals surface area contributed by atoms with E-state index in [1.165, 1.54) is 0 Å². The van der Waals surface area contributed by atoms with E-state index >= 15 is 0 Å². The molecule has 0 fully saturated rings. The Balaban J connectivity index is 2.31. The van der Waals surface area contributed by atoms with Gasteiger partial charge in [-0.2, -0.15) is 0 Å². The Morgan fingerprint density at radius 3 is 3.00 bits per heavy atom. The van der Waals surface area contributed by atoms with Crippen molar-refractivity contribution in [3.8, 4) is 5.69 Å². The number of hydrogen-bond donors (Lipinski definition) is 1. The van der Waals surface area contributed by atoms with Crippen LogP contribution in [0.15, 0.2) is 30.5 Å². The maximum absolute atomic E-state index is 9.63. The summed E-state index contributed by atoms with van der Waals surface area (Å²) >= 11 is 2.25. The van der Waals surface area contributed by atoms with E-state index < -0.39 is 6.10 Å². The normalized spacial score (nSPS) is 12.7. The van der Waals surface area contributed by atoms with Gasteiger partial charge in [0.15, 0.2) is 0 Å². The summed E-state index contributed by atoms with van der Waals surface area (Å²) in [4.78, 5) is 0. The minimum absolute atomic E-state index is 0.531. The van der Waals surface area contributed by atoms with Crippen molar-refractivity contribution >= 4 is 22.6 Å². The Morgan fingerprint density at radius 1 is 1.50 bits per heavy atom. The first kappa shape index (κ1) is 11.5. The molecule has 2 aromatic rings. The summed E-state index contributed by atoms with van der Waals surface area (Å²) < 4.78 is 2.82. The lowest BCUT2D eigenvalue weighted by Gasteiger charge is -2.01. The van der Waals surface area contributed by atoms with Gasteiger partial charge in [0.1, 0.15) is 5.69 Å². The van der Waals surface area contributed by atoms with Crippen molar-refractivity contribution in [3.05, 3.63) is 39.7 Å². The van der Waals surface area contributed by atoms with Crippen molar-refractivity contribution in [1.29, 1.82) is 0 Å². The molecule has 0 aliphatic rings. The quantitative estimate of drug-likeness (QED) is 0.880. The Bertz CT molecular complexity index is 484. The minimum Gasteiger partial charge on any atom is -0.387 e. The zero-order chi connectivity index (χ0) is 11.5. The fourth-order valence-corrected chi connectivity index (χ4v) is 1.91. The number of benzene rings is 1. The maximum Gasteiger partial charge on any atom is 0.112 e. The second kappa shape index (κ2) is 4.92. The van der Waals surface area contributed by atoms with Gasteiger partial charge >= 0.3 is 0 Å². The largest absolute Gasteiger partial charge is 0.387 e. The molecule has 0 aliphatic carbocycles. The number of aliphatic hydroxyl groups excluding tert-OH is 1. The Kier molecular flexibility index (Phi) is 3.55. The van der Waals surface area contributed by atoms with E-state index in [2.05, 4.69) is 32.9 Å². The first-order valence-electron chi connectivity index (χ1n) is 5.07. The van der Waals surface area contributed by atoms with Crippen LogP contribution in [0, 0.1) is 3.57 Å². The van der Waals surface area contributed by atoms with E-state index in [4.69, 9.17) is 0 Å². The van der Waals surface area contributed by atoms with E-state index in [1.54, 1.807) is 10.9 Å². The first-order chi connectivity index (χ1) is 7.70. The summed E-state index contributed by atoms with van der Waals surface area (Å²) in [7, 11) is 0. The lowest BCUT2D eigenvalue weighted by atomic mass is 10.2. The third kappa shape index (κ3) is 2.41. The molecule has 1 N–H and O–H groups in total. The summed E-state index contributed by atoms with van der Waals surface area (Å²) in [6.45, 7) is 1.91. The van der Waals surface area contributed by atoms with E-state index in [9.17, 15) is 5.11 Å². The zero-order valence-corrected chi connectivity index (χ0v) is 11.0. The third-order valence-corrected chi connectivity index (χ3v) is 2.98. The lowest BCUT2D eigenvalue weighted by molar-refractivity contribution is 0.169. The highest BCUT2D eigenvalue weighted by atomic mass is 127. The van der Waals surface area contributed by atoms with Crippen LogP contribution in [0.1, 0.15) is 25.1 Å². The van der Waals surface area contributed by atoms with Crippen molar-refractivity contribution in [2.45, 2.75) is 19.4 Å². The topological polar surface area (TPSA) is 50.9 Å². The molecule has 5 heteroatoms. The molecule has 1 atom stereocenters. The van der Waals surface area contributed by atoms with Gasteiger partial charge in [-0.25, -0.2) is 4.68 Å². The van der Waals surface area contributed by atoms with Crippen molar-refractivity contribution in [1.82, 2.24) is 15.0 Å². The van der Waals surface area contributed by atoms with E-state index in [1.807, 2.05) is 31.2 Å². The number of aromatic nitrogens is 3. The van der Waals surface area contributed by atoms with Crippen LogP contribution in [0.4, 0.5) is 0 Å². The molecule has 0 radical (unpaired) electrons. The summed E-state index contributed by atoms with van der Waals surface area (Å²) in [5, 5.41) is 17.6. The van der Waals surface area contributed by atoms with Gasteiger partial charge in [-0.15, -0.1) is 5.10 Å². The summed E-state index contributed by atoms with van der Waals surface area (Å²) in [5.41, 5.74) is 1.57. The molecule has 16 heavy (non-hydrogen) atoms. The monoisotopic (exact) mass is 329 g/mol. The molecular formula is C11H12IN3O. The second-order valence-corrected chi connectivity index (χ2v) is 4.74. The molecule has 2 rings (SSSR count). The molecule has 0 saturated carbocycles. The molecule has 1 unspecified atom stereocenters. The lowest BCUT2D eigenvalue weighted by Crippen LogP contribution is -1.95. The molecule has 0 amide bonds. The third-order valence-electron chi connectivity index (χ3n) is 2.31. The Hall–Kier alpha value is -0.950. The van der Waals surface area contributed by atoms with Gasteiger partial charge in [0.25, 0.3) is 0 Å². The average molecular weight is 329 g/mol. The van der Waals surface area contributed by atoms with Gasteiger partial charge in [0.05, 0.1) is 18.0 Å². The standard InChI is InChI=1S/C11H12IN3O/c1-2-11(16)10-7-15(14-13-10)9-5-3-4-8(12)6-9/h3-7,11,16H,2H2,1H3. The van der Waals surface area contributed by atoms with Gasteiger partial charge in [-0.05, 0) is 47.2 Å². The predicted molar refractivity (Wildman–Crippen MR) is 69.3 cm³/mol. The van der Waals surface area contributed by atoms with Crippen molar-refractivity contribution in [2.24, 2.45) is 0 Å². The smallest absolute Gasteiger partial charge is 0.112 e. The molecule has 0 spiro atoms. The molecular weight excluding hydrogens is 317 g/mol. The molecule has 1 aromatic carbocycles. The molecule has 1 aromatic heterocycles. The maximum atomic E-state index is 9.63. The highest BCUT2D eigenvalue weighted by Crippen LogP contribution is 2.16. The number of hydrogen-bond acceptors (Lipinski definition) is 3. The molecule has 84 valence electrons. The van der Waals surface area contributed by atoms with Crippen LogP contribution in [-0.4, -0.2) is 20.1 Å². The van der Waals surface area contributed by atoms with Crippen LogP contribution >= 0.6 is 22.6 Å². The van der Waals surface area contributed by atoms with Crippen molar-refractivity contribution in [2.75, 3.05) is 0 Å². The van der Waals surface area contributed by atoms with Gasteiger partial charge in [0.2, 0.25) is 0 Å². The van der Waals surface area contributed by atoms with E-state index in [0.29, 0.717) is 12.1 Å². The van der Waals surface area contributed by atoms with E-state index in [-0.39, 0.29) is 0 Å². The first-order valence-corrected chi connectivity index (χ1v) is 6.15. The van der Waals surface area contributed by atoms with Gasteiger partial charge in [0, 0.05) is 3.57 Å². The fraction of sp³-hybridized carbons (Fsp3) is 0.273. The van der Waals surface area contributed by atoms with Crippen LogP contribution in [0.2, 0.25) is 0 Å². The van der Waals surface area contributed by atoms with E-state index in [0.717, 1.165) is 9.26 Å². The van der Waals surface area contributed by atoms with Crippen LogP contribution in [0.3, 0.4) is 0 Å². The van der Waals surface area contributed by atoms with Crippen molar-refractivity contribution in [3.63, 3.8) is 0 Å². The van der Waals surface area contributed by atoms with Gasteiger partial charge in [-0.1, -0.05) is 18.2 Å². The van der Waals surface area contributed by atoms with Crippen LogP contribution in [-0.2, 0) is 0 Å². The molecule has 0 aliphatic heterocycles. The van der Waals surface area contributed by atoms with Crippen molar-refractivity contribution < 1.29 is 5.11 Å². The fourth-order valence-electron chi connectivity index (χ4n) is 1.38. The number of aliphatic hydroxyl groups is 1. The number of nitrogens with zero attached hydrogens (tertiary/aromatic N) is 3. The zero-order valence-electron chi connectivity index (χ0n) is 8.84. The highest BCUT2D eigenvalue weighted by Gasteiger charge is 2.10. The predicted octanol–water partition coefficient (Wildman–Crippen LogP) is 2.32. The highest BCUT2D eigenvalue weighted by molar-refractivity contribution is 14.1. The second-order valence-electron chi connectivity index (χ2n) is 3.49. The number of halogens is 1. The molecule has 4 nitrogen and oxygen atoms in total. The summed E-state index contributed by atoms with van der Waals surface area (Å²) in [6, 6.07) is 7.95. The Morgan fingerprint density at radius 2 is 2.31 bits per heavy atom. The molecule has 0 saturated heterocycles. The van der Waals surface area contributed by atoms with Gasteiger partial charge < -0.3 is 5.11 Å².